The van der Waals surface area contributed by atoms with E-state index < -0.39 is 171 Å². The maximum absolute atomic E-state index is 13.4. The summed E-state index contributed by atoms with van der Waals surface area (Å²) in [6.45, 7) is 4.61. The van der Waals surface area contributed by atoms with E-state index in [-0.39, 0.29) is 24.5 Å². The summed E-state index contributed by atoms with van der Waals surface area (Å²) in [6, 6.07) is -5.60. The molecule has 1 aromatic rings. The highest BCUT2D eigenvalue weighted by atomic mass is 16.4. The standard InChI is InChI=1S/C43H67N11O17/c1-6-21(4)35(53-31(59)16-44)42(69)54-36(22(5)56)41(68)47-18-32(60)48-25(11-12-30(45)58)38(65)51-27(15-34(62)63)37(64)46-17-33(61)49-29(19-55)40(67)50-26(14-23-7-9-24(57)10-8-23)39(66)52-28(43(70)71)13-20(2)3/h7-10,20-22,25-29,35-36,55-57H,6,11-19,44H2,1-5H3,(H2,45,58)(H,46,64)(H,47,68)(H,48,60)(H,49,61)(H,50,67)(H,51,65)(H,52,66)(H,53,59)(H,54,69)(H,62,63)(H,70,71)/t21-,22+,25-,26-,27-,28-,29-,35-,36-/m0/s1. The number of carboxylic acids is 2. The number of aromatic hydroxyl groups is 1. The lowest BCUT2D eigenvalue weighted by molar-refractivity contribution is -0.143. The van der Waals surface area contributed by atoms with Crippen molar-refractivity contribution in [1.29, 1.82) is 0 Å². The molecule has 28 nitrogen and oxygen atoms in total. The van der Waals surface area contributed by atoms with Gasteiger partial charge in [-0.05, 0) is 49.3 Å². The number of hydrogen-bond acceptors (Lipinski definition) is 16. The molecule has 396 valence electrons. The number of carbonyl (C=O) groups is 12. The Balaban J connectivity index is 3.11. The summed E-state index contributed by atoms with van der Waals surface area (Å²) in [5.74, 6) is -14.0. The number of carbonyl (C=O) groups excluding carboxylic acids is 10. The number of nitrogens with one attached hydrogen (secondary N) is 9. The lowest BCUT2D eigenvalue weighted by atomic mass is 9.97. The van der Waals surface area contributed by atoms with Crippen LogP contribution < -0.4 is 59.3 Å². The normalized spacial score (nSPS) is 14.7. The van der Waals surface area contributed by atoms with Crippen LogP contribution in [0.25, 0.3) is 0 Å². The molecule has 0 spiro atoms. The van der Waals surface area contributed by atoms with Crippen molar-refractivity contribution in [2.45, 2.75) is 122 Å². The fourth-order valence-electron chi connectivity index (χ4n) is 6.36. The van der Waals surface area contributed by atoms with E-state index in [4.69, 9.17) is 11.5 Å². The highest BCUT2D eigenvalue weighted by molar-refractivity contribution is 5.98. The molecule has 0 saturated heterocycles. The molecule has 9 atom stereocenters. The van der Waals surface area contributed by atoms with Crippen LogP contribution in [0.1, 0.15) is 72.3 Å². The number of phenols is 1. The molecule has 0 bridgehead atoms. The number of primary amides is 1. The molecule has 0 heterocycles. The van der Waals surface area contributed by atoms with E-state index in [0.29, 0.717) is 12.0 Å². The van der Waals surface area contributed by atoms with Gasteiger partial charge < -0.3 is 84.9 Å². The molecule has 18 N–H and O–H groups in total. The van der Waals surface area contributed by atoms with Crippen LogP contribution in [0.2, 0.25) is 0 Å². The van der Waals surface area contributed by atoms with Gasteiger partial charge in [-0.3, -0.25) is 52.7 Å². The van der Waals surface area contributed by atoms with Crippen LogP contribution >= 0.6 is 0 Å². The number of amides is 10. The minimum Gasteiger partial charge on any atom is -0.508 e. The Bertz CT molecular complexity index is 2050. The summed E-state index contributed by atoms with van der Waals surface area (Å²) in [7, 11) is 0. The summed E-state index contributed by atoms with van der Waals surface area (Å²) in [5, 5.41) is 69.2. The second-order valence-corrected chi connectivity index (χ2v) is 16.8. The molecule has 0 unspecified atom stereocenters. The Kier molecular flexibility index (Phi) is 26.8. The maximum atomic E-state index is 13.4. The summed E-state index contributed by atoms with van der Waals surface area (Å²) < 4.78 is 0. The van der Waals surface area contributed by atoms with E-state index >= 15 is 0 Å². The molecule has 0 saturated carbocycles. The molecule has 0 aliphatic rings. The smallest absolute Gasteiger partial charge is 0.326 e. The summed E-state index contributed by atoms with van der Waals surface area (Å²) in [5.41, 5.74) is 11.0. The number of nitrogens with two attached hydrogens (primary N) is 2. The van der Waals surface area contributed by atoms with Gasteiger partial charge >= 0.3 is 11.9 Å². The maximum Gasteiger partial charge on any atom is 0.326 e. The van der Waals surface area contributed by atoms with Crippen LogP contribution in [-0.4, -0.2) is 171 Å². The highest BCUT2D eigenvalue weighted by Gasteiger charge is 2.34. The van der Waals surface area contributed by atoms with E-state index in [1.54, 1.807) is 27.7 Å². The first kappa shape index (κ1) is 61.6. The number of benzene rings is 1. The van der Waals surface area contributed by atoms with Crippen LogP contribution in [0.3, 0.4) is 0 Å². The first-order valence-corrected chi connectivity index (χ1v) is 22.4. The topological polar surface area (TPSA) is 466 Å². The predicted octanol–water partition coefficient (Wildman–Crippen LogP) is -6.19. The number of phenolic OH excluding ortho intramolecular Hbond substituents is 1. The number of rotatable bonds is 32. The Morgan fingerprint density at radius 3 is 1.62 bits per heavy atom. The summed E-state index contributed by atoms with van der Waals surface area (Å²) in [4.78, 5) is 152. The van der Waals surface area contributed by atoms with Gasteiger partial charge in [-0.2, -0.15) is 0 Å². The highest BCUT2D eigenvalue weighted by Crippen LogP contribution is 2.13. The van der Waals surface area contributed by atoms with Crippen molar-refractivity contribution in [3.8, 4) is 5.75 Å². The van der Waals surface area contributed by atoms with Crippen LogP contribution in [-0.2, 0) is 64.0 Å². The van der Waals surface area contributed by atoms with Gasteiger partial charge in [0.15, 0.2) is 0 Å². The molecule has 0 aliphatic heterocycles. The molecule has 0 aromatic heterocycles. The summed E-state index contributed by atoms with van der Waals surface area (Å²) >= 11 is 0. The number of carboxylic acid groups (broad SMARTS) is 2. The van der Waals surface area contributed by atoms with Crippen molar-refractivity contribution < 1.29 is 83.1 Å². The van der Waals surface area contributed by atoms with Crippen molar-refractivity contribution in [1.82, 2.24) is 47.9 Å². The average Bonchev–Trinajstić information content (AvgIpc) is 3.30. The van der Waals surface area contributed by atoms with Crippen molar-refractivity contribution in [2.24, 2.45) is 23.3 Å². The van der Waals surface area contributed by atoms with Crippen molar-refractivity contribution in [3.05, 3.63) is 29.8 Å². The van der Waals surface area contributed by atoms with Gasteiger partial charge in [-0.15, -0.1) is 0 Å². The molecule has 10 amide bonds. The van der Waals surface area contributed by atoms with E-state index in [9.17, 15) is 83.1 Å². The largest absolute Gasteiger partial charge is 0.508 e. The molecule has 0 aliphatic carbocycles. The molecule has 1 aromatic carbocycles. The zero-order chi connectivity index (χ0) is 54.1. The predicted molar refractivity (Wildman–Crippen MR) is 246 cm³/mol. The van der Waals surface area contributed by atoms with Crippen LogP contribution in [0, 0.1) is 11.8 Å². The molecular formula is C43H67N11O17. The SMILES string of the molecule is CC[C@H](C)[C@H](NC(=O)CN)C(=O)N[C@H](C(=O)NCC(=O)N[C@@H](CCC(N)=O)C(=O)N[C@@H](CC(=O)O)C(=O)NCC(=O)N[C@@H](CO)C(=O)N[C@@H](Cc1ccc(O)cc1)C(=O)N[C@@H](CC(C)C)C(=O)O)[C@@H](C)O. The molecule has 28 heteroatoms. The quantitative estimate of drug-likeness (QED) is 0.0319. The van der Waals surface area contributed by atoms with Gasteiger partial charge in [-0.1, -0.05) is 46.2 Å². The second kappa shape index (κ2) is 30.9. The lowest BCUT2D eigenvalue weighted by Crippen LogP contribution is -2.60. The number of aliphatic carboxylic acids is 2. The second-order valence-electron chi connectivity index (χ2n) is 16.8. The number of hydrogen-bond donors (Lipinski definition) is 16. The number of aliphatic hydroxyl groups is 2. The minimum atomic E-state index is -1.95. The van der Waals surface area contributed by atoms with Crippen molar-refractivity contribution >= 4 is 71.0 Å². The molecule has 1 rings (SSSR count). The van der Waals surface area contributed by atoms with E-state index in [1.807, 2.05) is 0 Å². The van der Waals surface area contributed by atoms with Crippen molar-refractivity contribution in [2.75, 3.05) is 26.2 Å². The fourth-order valence-corrected chi connectivity index (χ4v) is 6.36. The van der Waals surface area contributed by atoms with Gasteiger partial charge in [0.1, 0.15) is 48.0 Å². The Labute approximate surface area is 407 Å². The number of aliphatic hydroxyl groups excluding tert-OH is 2. The Hall–Kier alpha value is -7.46. The third-order valence-electron chi connectivity index (χ3n) is 10.4. The van der Waals surface area contributed by atoms with Gasteiger partial charge in [0.05, 0.1) is 38.8 Å². The molecule has 0 radical (unpaired) electrons. The van der Waals surface area contributed by atoms with Crippen molar-refractivity contribution in [3.63, 3.8) is 0 Å². The Morgan fingerprint density at radius 1 is 0.606 bits per heavy atom. The first-order chi connectivity index (χ1) is 33.2. The molecular weight excluding hydrogens is 943 g/mol. The first-order valence-electron chi connectivity index (χ1n) is 22.4. The van der Waals surface area contributed by atoms with E-state index in [0.717, 1.165) is 6.92 Å². The zero-order valence-electron chi connectivity index (χ0n) is 39.9. The van der Waals surface area contributed by atoms with Crippen LogP contribution in [0.5, 0.6) is 5.75 Å². The monoisotopic (exact) mass is 1010 g/mol. The van der Waals surface area contributed by atoms with Crippen LogP contribution in [0.15, 0.2) is 24.3 Å². The summed E-state index contributed by atoms with van der Waals surface area (Å²) in [6.07, 6.45) is -3.46. The fraction of sp³-hybridized carbons (Fsp3) is 0.581. The van der Waals surface area contributed by atoms with Gasteiger partial charge in [0, 0.05) is 12.8 Å². The minimum absolute atomic E-state index is 0.0326. The lowest BCUT2D eigenvalue weighted by Gasteiger charge is -2.27. The molecule has 71 heavy (non-hydrogen) atoms. The third-order valence-corrected chi connectivity index (χ3v) is 10.4. The van der Waals surface area contributed by atoms with E-state index in [1.165, 1.54) is 24.3 Å². The average molecular weight is 1010 g/mol. The van der Waals surface area contributed by atoms with Crippen LogP contribution in [0.4, 0.5) is 0 Å². The van der Waals surface area contributed by atoms with Gasteiger partial charge in [0.2, 0.25) is 59.1 Å². The Morgan fingerprint density at radius 2 is 1.13 bits per heavy atom. The zero-order valence-corrected chi connectivity index (χ0v) is 39.9. The van der Waals surface area contributed by atoms with E-state index in [2.05, 4.69) is 47.9 Å². The van der Waals surface area contributed by atoms with Gasteiger partial charge in [-0.25, -0.2) is 4.79 Å². The third kappa shape index (κ3) is 23.1. The van der Waals surface area contributed by atoms with Gasteiger partial charge in [0.25, 0.3) is 0 Å². The molecule has 0 fully saturated rings.